The van der Waals surface area contributed by atoms with Gasteiger partial charge in [0.25, 0.3) is 0 Å². The van der Waals surface area contributed by atoms with E-state index < -0.39 is 49.5 Å². The molecule has 0 bridgehead atoms. The van der Waals surface area contributed by atoms with Crippen molar-refractivity contribution in [3.05, 3.63) is 0 Å². The molecule has 1 rings (SSSR count). The predicted molar refractivity (Wildman–Crippen MR) is 46.8 cm³/mol. The fourth-order valence-corrected chi connectivity index (χ4v) is 1.52. The first kappa shape index (κ1) is 13.4. The van der Waals surface area contributed by atoms with Crippen LogP contribution >= 0.6 is 0 Å². The second-order valence-corrected chi connectivity index (χ2v) is 3.55. The number of amides is 2. The van der Waals surface area contributed by atoms with Gasteiger partial charge in [-0.3, -0.25) is 24.6 Å². The van der Waals surface area contributed by atoms with Crippen molar-refractivity contribution >= 4 is 17.8 Å². The van der Waals surface area contributed by atoms with Gasteiger partial charge >= 0.3 is 12.1 Å². The molecular formula is C8H9F3N2O4. The van der Waals surface area contributed by atoms with Crippen molar-refractivity contribution in [3.8, 4) is 0 Å². The molecule has 1 heterocycles. The maximum absolute atomic E-state index is 12.2. The Morgan fingerprint density at radius 3 is 2.41 bits per heavy atom. The summed E-state index contributed by atoms with van der Waals surface area (Å²) in [6.45, 7) is -2.50. The third kappa shape index (κ3) is 4.02. The maximum Gasteiger partial charge on any atom is 0.401 e. The minimum Gasteiger partial charge on any atom is -0.480 e. The summed E-state index contributed by atoms with van der Waals surface area (Å²) in [6, 6.07) is -1.37. The molecule has 9 heteroatoms. The highest BCUT2D eigenvalue weighted by Crippen LogP contribution is 2.20. The molecule has 0 spiro atoms. The average Bonchev–Trinajstić information content (AvgIpc) is 2.40. The molecule has 1 aliphatic rings. The van der Waals surface area contributed by atoms with E-state index in [1.54, 1.807) is 0 Å². The van der Waals surface area contributed by atoms with Crippen molar-refractivity contribution < 1.29 is 32.7 Å². The first-order valence-electron chi connectivity index (χ1n) is 4.55. The van der Waals surface area contributed by atoms with Gasteiger partial charge in [-0.2, -0.15) is 13.2 Å². The number of rotatable bonds is 4. The highest BCUT2D eigenvalue weighted by molar-refractivity contribution is 6.05. The van der Waals surface area contributed by atoms with Gasteiger partial charge in [-0.25, -0.2) is 0 Å². The van der Waals surface area contributed by atoms with Crippen molar-refractivity contribution in [2.24, 2.45) is 0 Å². The van der Waals surface area contributed by atoms with E-state index in [1.807, 2.05) is 5.32 Å². The minimum atomic E-state index is -4.64. The van der Waals surface area contributed by atoms with Crippen LogP contribution in [0.2, 0.25) is 0 Å². The van der Waals surface area contributed by atoms with Crippen molar-refractivity contribution in [1.82, 2.24) is 10.2 Å². The highest BCUT2D eigenvalue weighted by atomic mass is 19.4. The van der Waals surface area contributed by atoms with Crippen molar-refractivity contribution in [2.45, 2.75) is 18.6 Å². The van der Waals surface area contributed by atoms with E-state index in [0.717, 1.165) is 0 Å². The predicted octanol–water partition coefficient (Wildman–Crippen LogP) is -0.650. The number of hydrogen-bond donors (Lipinski definition) is 2. The lowest BCUT2D eigenvalue weighted by Crippen LogP contribution is -2.47. The van der Waals surface area contributed by atoms with E-state index >= 15 is 0 Å². The average molecular weight is 254 g/mol. The normalized spacial score (nSPS) is 20.8. The standard InChI is InChI=1S/C8H9F3N2O4/c9-8(10,11)3-13(2-6(15)16)4-1-5(14)12-7(4)17/h4H,1-3H2,(H,15,16)(H,12,14,17). The van der Waals surface area contributed by atoms with Crippen molar-refractivity contribution in [1.29, 1.82) is 0 Å². The Morgan fingerprint density at radius 2 is 2.06 bits per heavy atom. The number of nitrogens with zero attached hydrogens (tertiary/aromatic N) is 1. The number of hydrogen-bond acceptors (Lipinski definition) is 4. The number of carbonyl (C=O) groups excluding carboxylic acids is 2. The SMILES string of the molecule is O=C(O)CN(CC(F)(F)F)C1CC(=O)NC1=O. The Hall–Kier alpha value is -1.64. The van der Waals surface area contributed by atoms with E-state index in [0.29, 0.717) is 4.90 Å². The summed E-state index contributed by atoms with van der Waals surface area (Å²) < 4.78 is 36.5. The molecule has 6 nitrogen and oxygen atoms in total. The second kappa shape index (κ2) is 4.70. The molecule has 0 radical (unpaired) electrons. The Kier molecular flexibility index (Phi) is 3.71. The number of halogens is 3. The molecular weight excluding hydrogens is 245 g/mol. The first-order valence-corrected chi connectivity index (χ1v) is 4.55. The summed E-state index contributed by atoms with van der Waals surface area (Å²) in [5.74, 6) is -3.11. The van der Waals surface area contributed by atoms with E-state index in [2.05, 4.69) is 0 Å². The molecule has 0 aromatic carbocycles. The zero-order valence-electron chi connectivity index (χ0n) is 8.45. The molecule has 1 atom stereocenters. The largest absolute Gasteiger partial charge is 0.480 e. The molecule has 1 fully saturated rings. The lowest BCUT2D eigenvalue weighted by atomic mass is 10.2. The first-order chi connectivity index (χ1) is 7.69. The number of aliphatic carboxylic acids is 1. The summed E-state index contributed by atoms with van der Waals surface area (Å²) in [5.41, 5.74) is 0. The van der Waals surface area contributed by atoms with Gasteiger partial charge in [0, 0.05) is 0 Å². The lowest BCUT2D eigenvalue weighted by Gasteiger charge is -2.25. The summed E-state index contributed by atoms with van der Waals surface area (Å²) in [5, 5.41) is 10.3. The van der Waals surface area contributed by atoms with Gasteiger partial charge in [0.1, 0.15) is 0 Å². The Labute approximate surface area is 93.4 Å². The maximum atomic E-state index is 12.2. The van der Waals surface area contributed by atoms with E-state index in [4.69, 9.17) is 5.11 Å². The summed E-state index contributed by atoms with van der Waals surface area (Å²) in [4.78, 5) is 32.8. The van der Waals surface area contributed by atoms with Gasteiger partial charge in [-0.1, -0.05) is 0 Å². The molecule has 1 aliphatic heterocycles. The number of carboxylic acid groups (broad SMARTS) is 1. The van der Waals surface area contributed by atoms with Crippen molar-refractivity contribution in [3.63, 3.8) is 0 Å². The van der Waals surface area contributed by atoms with Gasteiger partial charge in [0.2, 0.25) is 11.8 Å². The summed E-state index contributed by atoms with van der Waals surface area (Å²) >= 11 is 0. The van der Waals surface area contributed by atoms with Crippen LogP contribution in [0.25, 0.3) is 0 Å². The fourth-order valence-electron chi connectivity index (χ4n) is 1.52. The van der Waals surface area contributed by atoms with Crippen LogP contribution in [0.3, 0.4) is 0 Å². The molecule has 1 unspecified atom stereocenters. The quantitative estimate of drug-likeness (QED) is 0.651. The molecule has 1 saturated heterocycles. The Morgan fingerprint density at radius 1 is 1.47 bits per heavy atom. The Balaban J connectivity index is 2.79. The smallest absolute Gasteiger partial charge is 0.401 e. The van der Waals surface area contributed by atoms with Crippen LogP contribution in [0, 0.1) is 0 Å². The molecule has 2 N–H and O–H groups in total. The van der Waals surface area contributed by atoms with E-state index in [9.17, 15) is 27.6 Å². The van der Waals surface area contributed by atoms with Gasteiger partial charge in [-0.05, 0) is 0 Å². The molecule has 17 heavy (non-hydrogen) atoms. The minimum absolute atomic E-state index is 0.419. The second-order valence-electron chi connectivity index (χ2n) is 3.55. The number of carboxylic acids is 1. The Bertz CT molecular complexity index is 355. The number of carbonyl (C=O) groups is 3. The molecule has 0 aromatic rings. The van der Waals surface area contributed by atoms with Gasteiger partial charge < -0.3 is 5.11 Å². The third-order valence-corrected chi connectivity index (χ3v) is 2.11. The van der Waals surface area contributed by atoms with Crippen LogP contribution in [-0.4, -0.2) is 53.1 Å². The van der Waals surface area contributed by atoms with Crippen molar-refractivity contribution in [2.75, 3.05) is 13.1 Å². The zero-order valence-corrected chi connectivity index (χ0v) is 8.45. The fraction of sp³-hybridized carbons (Fsp3) is 0.625. The van der Waals surface area contributed by atoms with Gasteiger partial charge in [0.05, 0.1) is 25.6 Å². The van der Waals surface area contributed by atoms with Crippen LogP contribution in [0.1, 0.15) is 6.42 Å². The monoisotopic (exact) mass is 254 g/mol. The lowest BCUT2D eigenvalue weighted by molar-refractivity contribution is -0.159. The van der Waals surface area contributed by atoms with Gasteiger partial charge in [-0.15, -0.1) is 0 Å². The van der Waals surface area contributed by atoms with Crippen LogP contribution < -0.4 is 5.32 Å². The van der Waals surface area contributed by atoms with E-state index in [1.165, 1.54) is 0 Å². The number of imide groups is 1. The molecule has 2 amide bonds. The third-order valence-electron chi connectivity index (χ3n) is 2.11. The zero-order chi connectivity index (χ0) is 13.2. The van der Waals surface area contributed by atoms with Gasteiger partial charge in [0.15, 0.2) is 0 Å². The van der Waals surface area contributed by atoms with Crippen LogP contribution in [0.4, 0.5) is 13.2 Å². The topological polar surface area (TPSA) is 86.7 Å². The molecule has 0 aromatic heterocycles. The number of alkyl halides is 3. The molecule has 0 aliphatic carbocycles. The van der Waals surface area contributed by atoms with Crippen LogP contribution in [0.15, 0.2) is 0 Å². The summed E-state index contributed by atoms with van der Waals surface area (Å²) in [7, 11) is 0. The number of nitrogens with one attached hydrogen (secondary N) is 1. The molecule has 96 valence electrons. The van der Waals surface area contributed by atoms with E-state index in [-0.39, 0.29) is 0 Å². The highest BCUT2D eigenvalue weighted by Gasteiger charge is 2.41. The molecule has 0 saturated carbocycles. The van der Waals surface area contributed by atoms with Crippen LogP contribution in [-0.2, 0) is 14.4 Å². The van der Waals surface area contributed by atoms with Crippen LogP contribution in [0.5, 0.6) is 0 Å². The summed E-state index contributed by atoms with van der Waals surface area (Å²) in [6.07, 6.45) is -5.09.